The highest BCUT2D eigenvalue weighted by molar-refractivity contribution is 7.44. The highest BCUT2D eigenvalue weighted by Gasteiger charge is 2.18. The molecular formula is C24H21FN3O5P. The Bertz CT molecular complexity index is 1370. The summed E-state index contributed by atoms with van der Waals surface area (Å²) in [5, 5.41) is 4.10. The van der Waals surface area contributed by atoms with Gasteiger partial charge in [-0.15, -0.1) is 0 Å². The Hall–Kier alpha value is -3.62. The Balaban J connectivity index is 1.44. The summed E-state index contributed by atoms with van der Waals surface area (Å²) >= 11 is 0. The minimum absolute atomic E-state index is 0.188. The summed E-state index contributed by atoms with van der Waals surface area (Å²) in [6.07, 6.45) is 5.79. The summed E-state index contributed by atoms with van der Waals surface area (Å²) in [5.74, 6) is 0.321. The molecule has 10 heteroatoms. The molecule has 2 aromatic heterocycles. The lowest BCUT2D eigenvalue weighted by atomic mass is 10.1. The van der Waals surface area contributed by atoms with E-state index in [9.17, 15) is 13.8 Å². The minimum Gasteiger partial charge on any atom is -0.756 e. The molecule has 174 valence electrons. The zero-order chi connectivity index (χ0) is 24.1. The second-order valence-electron chi connectivity index (χ2n) is 7.49. The second kappa shape index (κ2) is 10.1. The topological polar surface area (TPSA) is 126 Å². The fourth-order valence-electron chi connectivity index (χ4n) is 3.30. The first kappa shape index (κ1) is 23.5. The Morgan fingerprint density at radius 2 is 1.88 bits per heavy atom. The van der Waals surface area contributed by atoms with E-state index in [0.29, 0.717) is 23.4 Å². The lowest BCUT2D eigenvalue weighted by Gasteiger charge is -2.14. The highest BCUT2D eigenvalue weighted by Crippen LogP contribution is 2.30. The number of nitrogens with zero attached hydrogens (tertiary/aromatic N) is 2. The maximum Gasteiger partial charge on any atom is 0.285 e. The first-order valence-electron chi connectivity index (χ1n) is 10.2. The van der Waals surface area contributed by atoms with Crippen LogP contribution in [0.5, 0.6) is 0 Å². The largest absolute Gasteiger partial charge is 0.756 e. The van der Waals surface area contributed by atoms with Gasteiger partial charge in [-0.25, -0.2) is 8.96 Å². The van der Waals surface area contributed by atoms with Crippen molar-refractivity contribution in [2.75, 3.05) is 5.73 Å². The van der Waals surface area contributed by atoms with Crippen molar-refractivity contribution in [3.63, 3.8) is 0 Å². The van der Waals surface area contributed by atoms with Gasteiger partial charge in [0.2, 0.25) is 0 Å². The molecule has 0 aliphatic carbocycles. The molecule has 1 unspecified atom stereocenters. The Kier molecular flexibility index (Phi) is 7.00. The first-order chi connectivity index (χ1) is 16.3. The Morgan fingerprint density at radius 1 is 1.12 bits per heavy atom. The molecule has 1 atom stereocenters. The average molecular weight is 481 g/mol. The van der Waals surface area contributed by atoms with Crippen LogP contribution in [0.3, 0.4) is 0 Å². The molecule has 34 heavy (non-hydrogen) atoms. The SMILES string of the molecule is Nc1c(-c2cc(Cc3ccc(/C=C/c4cccc(F)c4)cc3)no2)ccc[n+]1COP(=O)([O-])O. The van der Waals surface area contributed by atoms with E-state index in [1.54, 1.807) is 24.3 Å². The van der Waals surface area contributed by atoms with E-state index in [-0.39, 0.29) is 11.6 Å². The normalized spacial score (nSPS) is 13.3. The van der Waals surface area contributed by atoms with Crippen LogP contribution in [0.2, 0.25) is 0 Å². The molecule has 0 fully saturated rings. The van der Waals surface area contributed by atoms with E-state index in [0.717, 1.165) is 16.7 Å². The van der Waals surface area contributed by atoms with E-state index in [4.69, 9.17) is 15.2 Å². The number of phosphoric ester groups is 1. The summed E-state index contributed by atoms with van der Waals surface area (Å²) in [4.78, 5) is 19.6. The zero-order valence-corrected chi connectivity index (χ0v) is 18.8. The van der Waals surface area contributed by atoms with Crippen molar-refractivity contribution in [2.45, 2.75) is 13.2 Å². The molecule has 0 bridgehead atoms. The lowest BCUT2D eigenvalue weighted by Crippen LogP contribution is -2.38. The van der Waals surface area contributed by atoms with Crippen LogP contribution in [0.15, 0.2) is 77.4 Å². The van der Waals surface area contributed by atoms with Crippen LogP contribution in [0.25, 0.3) is 23.5 Å². The zero-order valence-electron chi connectivity index (χ0n) is 17.9. The molecule has 2 aromatic carbocycles. The predicted molar refractivity (Wildman–Crippen MR) is 122 cm³/mol. The summed E-state index contributed by atoms with van der Waals surface area (Å²) in [6, 6.07) is 19.3. The van der Waals surface area contributed by atoms with Crippen LogP contribution < -0.4 is 15.2 Å². The van der Waals surface area contributed by atoms with Crippen molar-refractivity contribution in [2.24, 2.45) is 0 Å². The van der Waals surface area contributed by atoms with Crippen molar-refractivity contribution < 1.29 is 32.4 Å². The number of nitrogens with two attached hydrogens (primary N) is 1. The van der Waals surface area contributed by atoms with Gasteiger partial charge in [0.25, 0.3) is 13.6 Å². The van der Waals surface area contributed by atoms with E-state index in [1.807, 2.05) is 42.5 Å². The van der Waals surface area contributed by atoms with Crippen molar-refractivity contribution in [1.29, 1.82) is 0 Å². The van der Waals surface area contributed by atoms with Gasteiger partial charge in [0.15, 0.2) is 12.5 Å². The molecular weight excluding hydrogens is 460 g/mol. The summed E-state index contributed by atoms with van der Waals surface area (Å²) < 4.78 is 35.3. The predicted octanol–water partition coefficient (Wildman–Crippen LogP) is 3.55. The van der Waals surface area contributed by atoms with Gasteiger partial charge in [-0.3, -0.25) is 14.8 Å². The van der Waals surface area contributed by atoms with Gasteiger partial charge >= 0.3 is 0 Å². The van der Waals surface area contributed by atoms with Crippen molar-refractivity contribution >= 4 is 25.8 Å². The number of aromatic nitrogens is 2. The fraction of sp³-hybridized carbons (Fsp3) is 0.0833. The van der Waals surface area contributed by atoms with Gasteiger partial charge in [-0.1, -0.05) is 53.7 Å². The number of hydrogen-bond acceptors (Lipinski definition) is 6. The van der Waals surface area contributed by atoms with Crippen molar-refractivity contribution in [3.8, 4) is 11.3 Å². The third kappa shape index (κ3) is 6.24. The maximum atomic E-state index is 13.3. The van der Waals surface area contributed by atoms with Gasteiger partial charge < -0.3 is 14.3 Å². The Morgan fingerprint density at radius 3 is 2.62 bits per heavy atom. The number of hydrogen-bond donors (Lipinski definition) is 2. The quantitative estimate of drug-likeness (QED) is 0.224. The molecule has 4 rings (SSSR count). The molecule has 0 radical (unpaired) electrons. The first-order valence-corrected chi connectivity index (χ1v) is 11.7. The van der Waals surface area contributed by atoms with Crippen LogP contribution in [0, 0.1) is 5.82 Å². The van der Waals surface area contributed by atoms with E-state index in [2.05, 4.69) is 9.68 Å². The van der Waals surface area contributed by atoms with Gasteiger partial charge in [0, 0.05) is 12.5 Å². The van der Waals surface area contributed by atoms with Crippen LogP contribution >= 0.6 is 7.82 Å². The van der Waals surface area contributed by atoms with Gasteiger partial charge in [0.1, 0.15) is 11.4 Å². The second-order valence-corrected chi connectivity index (χ2v) is 8.69. The molecule has 0 aliphatic rings. The van der Waals surface area contributed by atoms with Crippen molar-refractivity contribution in [1.82, 2.24) is 5.16 Å². The van der Waals surface area contributed by atoms with Crippen LogP contribution in [0.4, 0.5) is 10.2 Å². The number of nitrogen functional groups attached to an aromatic ring is 1. The number of anilines is 1. The molecule has 4 aromatic rings. The molecule has 2 heterocycles. The number of rotatable bonds is 8. The van der Waals surface area contributed by atoms with Gasteiger partial charge in [-0.2, -0.15) is 0 Å². The summed E-state index contributed by atoms with van der Waals surface area (Å²) in [6.45, 7) is -0.474. The van der Waals surface area contributed by atoms with Crippen LogP contribution in [-0.2, 0) is 22.2 Å². The average Bonchev–Trinajstić information content (AvgIpc) is 3.25. The van der Waals surface area contributed by atoms with E-state index >= 15 is 0 Å². The van der Waals surface area contributed by atoms with Crippen LogP contribution in [0.1, 0.15) is 22.4 Å². The van der Waals surface area contributed by atoms with Crippen molar-refractivity contribution in [3.05, 3.63) is 101 Å². The number of phosphoric acid groups is 1. The Labute approximate surface area is 195 Å². The molecule has 0 saturated carbocycles. The monoisotopic (exact) mass is 481 g/mol. The summed E-state index contributed by atoms with van der Waals surface area (Å²) in [5.41, 5.74) is 10.1. The van der Waals surface area contributed by atoms with E-state index < -0.39 is 14.6 Å². The van der Waals surface area contributed by atoms with Crippen LogP contribution in [-0.4, -0.2) is 10.1 Å². The third-order valence-electron chi connectivity index (χ3n) is 4.98. The third-order valence-corrected chi connectivity index (χ3v) is 5.42. The molecule has 8 nitrogen and oxygen atoms in total. The number of benzene rings is 2. The van der Waals surface area contributed by atoms with Gasteiger partial charge in [0.05, 0.1) is 11.9 Å². The molecule has 0 saturated heterocycles. The number of halogens is 1. The molecule has 0 spiro atoms. The lowest BCUT2D eigenvalue weighted by molar-refractivity contribution is -0.712. The molecule has 3 N–H and O–H groups in total. The van der Waals surface area contributed by atoms with Gasteiger partial charge in [-0.05, 0) is 41.0 Å². The summed E-state index contributed by atoms with van der Waals surface area (Å²) in [7, 11) is -4.88. The molecule has 0 aliphatic heterocycles. The van der Waals surface area contributed by atoms with E-state index in [1.165, 1.54) is 22.9 Å². The standard InChI is InChI=1S/C24H21FN3O5P/c25-20-4-1-3-18(13-20)9-6-17-7-10-19(11-8-17)14-21-15-23(33-27-21)22-5-2-12-28(24(22)26)16-32-34(29,30)31/h1-13,15,26H,14,16H2,(H2,29,30,31)/b9-6+. The minimum atomic E-state index is -4.88. The fourth-order valence-corrected chi connectivity index (χ4v) is 3.57. The molecule has 0 amide bonds. The smallest absolute Gasteiger partial charge is 0.285 e. The highest BCUT2D eigenvalue weighted by atomic mass is 31.2. The maximum absolute atomic E-state index is 13.3. The number of pyridine rings is 1.